The number of carbonyl (C=O) groups is 1. The molecule has 1 N–H and O–H groups in total. The number of methoxy groups -OCH3 is 1. The number of aromatic carboxylic acids is 1. The van der Waals surface area contributed by atoms with Gasteiger partial charge in [-0.3, -0.25) is 0 Å². The van der Waals surface area contributed by atoms with Crippen molar-refractivity contribution >= 4 is 5.97 Å². The predicted octanol–water partition coefficient (Wildman–Crippen LogP) is 1.71. The van der Waals surface area contributed by atoms with E-state index < -0.39 is 5.97 Å². The first kappa shape index (κ1) is 14.4. The molecule has 1 aromatic heterocycles. The molecule has 6 heteroatoms. The van der Waals surface area contributed by atoms with E-state index in [4.69, 9.17) is 14.6 Å². The minimum absolute atomic E-state index is 0.0747. The molecule has 18 heavy (non-hydrogen) atoms. The quantitative estimate of drug-likeness (QED) is 0.746. The third-order valence-electron chi connectivity index (χ3n) is 2.24. The zero-order chi connectivity index (χ0) is 13.5. The van der Waals surface area contributed by atoms with Crippen LogP contribution in [0.4, 0.5) is 0 Å². The first-order chi connectivity index (χ1) is 8.56. The predicted molar refractivity (Wildman–Crippen MR) is 65.1 cm³/mol. The molecular formula is C12H18N2O4. The van der Waals surface area contributed by atoms with E-state index in [0.29, 0.717) is 25.5 Å². The average molecular weight is 254 g/mol. The molecule has 0 atom stereocenters. The molecule has 6 nitrogen and oxygen atoms in total. The number of hydrogen-bond acceptors (Lipinski definition) is 5. The second-order valence-corrected chi connectivity index (χ2v) is 4.10. The van der Waals surface area contributed by atoms with Crippen molar-refractivity contribution in [2.45, 2.75) is 26.2 Å². The first-order valence-electron chi connectivity index (χ1n) is 5.78. The number of hydrogen-bond donors (Lipinski definition) is 1. The van der Waals surface area contributed by atoms with Gasteiger partial charge in [0.25, 0.3) is 0 Å². The van der Waals surface area contributed by atoms with Gasteiger partial charge in [-0.15, -0.1) is 0 Å². The summed E-state index contributed by atoms with van der Waals surface area (Å²) in [5, 5.41) is 9.08. The van der Waals surface area contributed by atoms with Gasteiger partial charge in [0.1, 0.15) is 5.82 Å². The Bertz CT molecular complexity index is 407. The molecule has 0 spiro atoms. The number of rotatable bonds is 7. The van der Waals surface area contributed by atoms with E-state index >= 15 is 0 Å². The number of carboxylic acid groups (broad SMARTS) is 1. The molecule has 1 heterocycles. The Morgan fingerprint density at radius 3 is 2.72 bits per heavy atom. The highest BCUT2D eigenvalue weighted by Crippen LogP contribution is 2.18. The fourth-order valence-corrected chi connectivity index (χ4v) is 1.31. The lowest BCUT2D eigenvalue weighted by atomic mass is 10.2. The van der Waals surface area contributed by atoms with Gasteiger partial charge in [0.15, 0.2) is 11.4 Å². The van der Waals surface area contributed by atoms with Crippen molar-refractivity contribution in [1.82, 2.24) is 9.97 Å². The van der Waals surface area contributed by atoms with E-state index in [9.17, 15) is 4.79 Å². The molecule has 0 aliphatic carbocycles. The van der Waals surface area contributed by atoms with Crippen molar-refractivity contribution in [3.05, 3.63) is 17.7 Å². The highest BCUT2D eigenvalue weighted by molar-refractivity contribution is 5.88. The molecule has 0 saturated heterocycles. The first-order valence-corrected chi connectivity index (χ1v) is 5.78. The highest BCUT2D eigenvalue weighted by Gasteiger charge is 2.16. The van der Waals surface area contributed by atoms with Gasteiger partial charge in [-0.2, -0.15) is 0 Å². The van der Waals surface area contributed by atoms with E-state index in [-0.39, 0.29) is 17.4 Å². The lowest BCUT2D eigenvalue weighted by Gasteiger charge is -2.10. The molecule has 0 aromatic carbocycles. The number of carboxylic acids is 1. The standard InChI is InChI=1S/C12H18N2O4/c1-8(2)11-13-7-9(10(14-11)12(15)16)18-6-4-5-17-3/h7-8H,4-6H2,1-3H3,(H,15,16). The van der Waals surface area contributed by atoms with Gasteiger partial charge in [-0.05, 0) is 0 Å². The minimum Gasteiger partial charge on any atom is -0.489 e. The molecule has 0 amide bonds. The van der Waals surface area contributed by atoms with E-state index in [1.165, 1.54) is 6.20 Å². The van der Waals surface area contributed by atoms with Gasteiger partial charge in [0.2, 0.25) is 0 Å². The largest absolute Gasteiger partial charge is 0.489 e. The van der Waals surface area contributed by atoms with Crippen molar-refractivity contribution in [1.29, 1.82) is 0 Å². The summed E-state index contributed by atoms with van der Waals surface area (Å²) in [6, 6.07) is 0. The zero-order valence-corrected chi connectivity index (χ0v) is 10.8. The Balaban J connectivity index is 2.80. The van der Waals surface area contributed by atoms with Crippen LogP contribution < -0.4 is 4.74 Å². The van der Waals surface area contributed by atoms with E-state index in [1.807, 2.05) is 13.8 Å². The van der Waals surface area contributed by atoms with E-state index in [0.717, 1.165) is 0 Å². The Labute approximate surface area is 106 Å². The van der Waals surface area contributed by atoms with E-state index in [2.05, 4.69) is 9.97 Å². The van der Waals surface area contributed by atoms with Crippen molar-refractivity contribution in [3.63, 3.8) is 0 Å². The summed E-state index contributed by atoms with van der Waals surface area (Å²) in [7, 11) is 1.60. The number of aromatic nitrogens is 2. The second kappa shape index (κ2) is 6.90. The molecule has 0 unspecified atom stereocenters. The smallest absolute Gasteiger partial charge is 0.358 e. The van der Waals surface area contributed by atoms with Gasteiger partial charge in [-0.1, -0.05) is 13.8 Å². The van der Waals surface area contributed by atoms with Crippen molar-refractivity contribution in [2.24, 2.45) is 0 Å². The molecule has 100 valence electrons. The Morgan fingerprint density at radius 1 is 1.44 bits per heavy atom. The van der Waals surface area contributed by atoms with Crippen LogP contribution in [0.15, 0.2) is 6.20 Å². The van der Waals surface area contributed by atoms with Crippen LogP contribution in [0.1, 0.15) is 42.5 Å². The van der Waals surface area contributed by atoms with Crippen molar-refractivity contribution in [2.75, 3.05) is 20.3 Å². The molecule has 0 radical (unpaired) electrons. The molecule has 0 aliphatic heterocycles. The summed E-state index contributed by atoms with van der Waals surface area (Å²) in [6.07, 6.45) is 2.10. The fraction of sp³-hybridized carbons (Fsp3) is 0.583. The minimum atomic E-state index is -1.11. The van der Waals surface area contributed by atoms with Crippen LogP contribution in [-0.2, 0) is 4.74 Å². The summed E-state index contributed by atoms with van der Waals surface area (Å²) in [4.78, 5) is 19.2. The lowest BCUT2D eigenvalue weighted by Crippen LogP contribution is -2.11. The van der Waals surface area contributed by atoms with Gasteiger partial charge >= 0.3 is 5.97 Å². The van der Waals surface area contributed by atoms with Crippen LogP contribution in [0.3, 0.4) is 0 Å². The summed E-state index contributed by atoms with van der Waals surface area (Å²) in [5.41, 5.74) is -0.0916. The van der Waals surface area contributed by atoms with Gasteiger partial charge in [0, 0.05) is 26.1 Å². The van der Waals surface area contributed by atoms with E-state index in [1.54, 1.807) is 7.11 Å². The van der Waals surface area contributed by atoms with Crippen molar-refractivity contribution < 1.29 is 19.4 Å². The van der Waals surface area contributed by atoms with Crippen molar-refractivity contribution in [3.8, 4) is 5.75 Å². The molecule has 0 saturated carbocycles. The van der Waals surface area contributed by atoms with Gasteiger partial charge in [0.05, 0.1) is 12.8 Å². The third-order valence-corrected chi connectivity index (χ3v) is 2.24. The van der Waals surface area contributed by atoms with Crippen LogP contribution in [0, 0.1) is 0 Å². The molecular weight excluding hydrogens is 236 g/mol. The fourth-order valence-electron chi connectivity index (χ4n) is 1.31. The van der Waals surface area contributed by atoms with Crippen LogP contribution in [0.2, 0.25) is 0 Å². The zero-order valence-electron chi connectivity index (χ0n) is 10.8. The van der Waals surface area contributed by atoms with Crippen LogP contribution >= 0.6 is 0 Å². The van der Waals surface area contributed by atoms with Crippen LogP contribution in [-0.4, -0.2) is 41.4 Å². The maximum atomic E-state index is 11.1. The topological polar surface area (TPSA) is 81.5 Å². The maximum Gasteiger partial charge on any atom is 0.358 e. The lowest BCUT2D eigenvalue weighted by molar-refractivity contribution is 0.0684. The molecule has 1 rings (SSSR count). The average Bonchev–Trinajstić information content (AvgIpc) is 2.34. The Hall–Kier alpha value is -1.69. The summed E-state index contributed by atoms with van der Waals surface area (Å²) >= 11 is 0. The van der Waals surface area contributed by atoms with Crippen LogP contribution in [0.25, 0.3) is 0 Å². The second-order valence-electron chi connectivity index (χ2n) is 4.10. The van der Waals surface area contributed by atoms with Gasteiger partial charge in [-0.25, -0.2) is 14.8 Å². The summed E-state index contributed by atoms with van der Waals surface area (Å²) < 4.78 is 10.2. The Morgan fingerprint density at radius 2 is 2.17 bits per heavy atom. The monoisotopic (exact) mass is 254 g/mol. The van der Waals surface area contributed by atoms with Crippen LogP contribution in [0.5, 0.6) is 5.75 Å². The molecule has 0 aliphatic rings. The number of ether oxygens (including phenoxy) is 2. The SMILES string of the molecule is COCCCOc1cnc(C(C)C)nc1C(=O)O. The highest BCUT2D eigenvalue weighted by atomic mass is 16.5. The summed E-state index contributed by atoms with van der Waals surface area (Å²) in [6.45, 7) is 4.74. The molecule has 0 bridgehead atoms. The molecule has 1 aromatic rings. The normalized spacial score (nSPS) is 10.7. The third kappa shape index (κ3) is 3.96. The summed E-state index contributed by atoms with van der Waals surface area (Å²) in [5.74, 6) is -0.341. The maximum absolute atomic E-state index is 11.1. The Kier molecular flexibility index (Phi) is 5.51. The molecule has 0 fully saturated rings. The number of nitrogens with zero attached hydrogens (tertiary/aromatic N) is 2. The van der Waals surface area contributed by atoms with Gasteiger partial charge < -0.3 is 14.6 Å².